The Bertz CT molecular complexity index is 1070. The van der Waals surface area contributed by atoms with E-state index in [0.717, 1.165) is 15.2 Å². The zero-order chi connectivity index (χ0) is 18.6. The Kier molecular flexibility index (Phi) is 4.93. The number of rotatable bonds is 6. The van der Waals surface area contributed by atoms with Crippen LogP contribution in [0.3, 0.4) is 0 Å². The van der Waals surface area contributed by atoms with E-state index in [9.17, 15) is 4.79 Å². The van der Waals surface area contributed by atoms with Gasteiger partial charge in [0.15, 0.2) is 0 Å². The molecule has 0 unspecified atom stereocenters. The van der Waals surface area contributed by atoms with Gasteiger partial charge in [-0.1, -0.05) is 36.4 Å². The molecule has 4 aromatic rings. The molecule has 2 aromatic carbocycles. The van der Waals surface area contributed by atoms with Crippen molar-refractivity contribution in [3.63, 3.8) is 0 Å². The summed E-state index contributed by atoms with van der Waals surface area (Å²) in [6, 6.07) is 16.5. The van der Waals surface area contributed by atoms with Gasteiger partial charge in [0, 0.05) is 6.54 Å². The second-order valence-electron chi connectivity index (χ2n) is 6.05. The number of benzene rings is 2. The molecule has 0 saturated heterocycles. The average molecular weight is 378 g/mol. The van der Waals surface area contributed by atoms with E-state index < -0.39 is 0 Å². The van der Waals surface area contributed by atoms with Crippen molar-refractivity contribution in [3.8, 4) is 11.1 Å². The fourth-order valence-corrected chi connectivity index (χ4v) is 3.81. The van der Waals surface area contributed by atoms with Gasteiger partial charge in [-0.15, -0.1) is 21.5 Å². The third-order valence-corrected chi connectivity index (χ3v) is 5.05. The highest BCUT2D eigenvalue weighted by Gasteiger charge is 2.13. The first-order valence-electron chi connectivity index (χ1n) is 8.74. The number of hydrogen-bond donors (Lipinski definition) is 1. The Balaban J connectivity index is 1.51. The van der Waals surface area contributed by atoms with E-state index >= 15 is 0 Å². The summed E-state index contributed by atoms with van der Waals surface area (Å²) in [7, 11) is 0. The standard InChI is InChI=1S/C20H18N4O2S/c1-2-21-17(25)11-18-23-24-19(26-18)12-20-22-15-9-8-14(10-16(15)27-20)13-6-4-3-5-7-13/h3-10H,2,11-12H2,1H3,(H,21,25). The molecule has 0 aliphatic carbocycles. The second kappa shape index (κ2) is 7.67. The summed E-state index contributed by atoms with van der Waals surface area (Å²) in [4.78, 5) is 16.3. The van der Waals surface area contributed by atoms with Gasteiger partial charge in [-0.3, -0.25) is 4.79 Å². The first-order chi connectivity index (χ1) is 13.2. The van der Waals surface area contributed by atoms with E-state index in [1.807, 2.05) is 31.2 Å². The number of carbonyl (C=O) groups is 1. The molecule has 0 saturated carbocycles. The summed E-state index contributed by atoms with van der Waals surface area (Å²) in [5.41, 5.74) is 3.30. The summed E-state index contributed by atoms with van der Waals surface area (Å²) in [5, 5.41) is 11.6. The third kappa shape index (κ3) is 4.03. The van der Waals surface area contributed by atoms with Gasteiger partial charge in [-0.25, -0.2) is 4.98 Å². The molecule has 0 fully saturated rings. The summed E-state index contributed by atoms with van der Waals surface area (Å²) in [6.45, 7) is 2.45. The van der Waals surface area contributed by atoms with E-state index in [-0.39, 0.29) is 12.3 Å². The maximum Gasteiger partial charge on any atom is 0.229 e. The maximum absolute atomic E-state index is 11.6. The summed E-state index contributed by atoms with van der Waals surface area (Å²) in [6.07, 6.45) is 0.559. The molecule has 0 aliphatic rings. The van der Waals surface area contributed by atoms with Crippen LogP contribution in [0.15, 0.2) is 52.9 Å². The topological polar surface area (TPSA) is 80.9 Å². The number of carbonyl (C=O) groups excluding carboxylic acids is 1. The molecule has 0 atom stereocenters. The number of amides is 1. The summed E-state index contributed by atoms with van der Waals surface area (Å²) >= 11 is 1.61. The molecule has 0 spiro atoms. The number of hydrogen-bond acceptors (Lipinski definition) is 6. The van der Waals surface area contributed by atoms with E-state index in [0.29, 0.717) is 24.7 Å². The maximum atomic E-state index is 11.6. The lowest BCUT2D eigenvalue weighted by Gasteiger charge is -2.00. The minimum absolute atomic E-state index is 0.0983. The van der Waals surface area contributed by atoms with Gasteiger partial charge < -0.3 is 9.73 Å². The van der Waals surface area contributed by atoms with Crippen LogP contribution in [0.25, 0.3) is 21.3 Å². The lowest BCUT2D eigenvalue weighted by molar-refractivity contribution is -0.120. The van der Waals surface area contributed by atoms with E-state index in [1.165, 1.54) is 11.1 Å². The van der Waals surface area contributed by atoms with Crippen LogP contribution in [0, 0.1) is 0 Å². The quantitative estimate of drug-likeness (QED) is 0.554. The molecule has 4 rings (SSSR count). The molecule has 0 aliphatic heterocycles. The average Bonchev–Trinajstić information content (AvgIpc) is 3.28. The Morgan fingerprint density at radius 1 is 1.07 bits per heavy atom. The van der Waals surface area contributed by atoms with Crippen LogP contribution < -0.4 is 5.32 Å². The fraction of sp³-hybridized carbons (Fsp3) is 0.200. The monoisotopic (exact) mass is 378 g/mol. The van der Waals surface area contributed by atoms with Crippen molar-refractivity contribution >= 4 is 27.5 Å². The van der Waals surface area contributed by atoms with Crippen molar-refractivity contribution in [2.24, 2.45) is 0 Å². The Labute approximate surface area is 160 Å². The Hall–Kier alpha value is -3.06. The van der Waals surface area contributed by atoms with Gasteiger partial charge in [0.1, 0.15) is 11.4 Å². The minimum atomic E-state index is -0.124. The van der Waals surface area contributed by atoms with Gasteiger partial charge in [-0.05, 0) is 30.2 Å². The number of nitrogens with zero attached hydrogens (tertiary/aromatic N) is 3. The zero-order valence-electron chi connectivity index (χ0n) is 14.8. The second-order valence-corrected chi connectivity index (χ2v) is 7.17. The molecule has 0 radical (unpaired) electrons. The Morgan fingerprint density at radius 2 is 1.89 bits per heavy atom. The predicted octanol–water partition coefficient (Wildman–Crippen LogP) is 3.62. The van der Waals surface area contributed by atoms with Gasteiger partial charge in [0.05, 0.1) is 16.6 Å². The van der Waals surface area contributed by atoms with E-state index in [2.05, 4.69) is 44.8 Å². The van der Waals surface area contributed by atoms with Crippen molar-refractivity contribution in [3.05, 3.63) is 65.3 Å². The van der Waals surface area contributed by atoms with Crippen LogP contribution >= 0.6 is 11.3 Å². The number of fused-ring (bicyclic) bond motifs is 1. The summed E-state index contributed by atoms with van der Waals surface area (Å²) < 4.78 is 6.70. The highest BCUT2D eigenvalue weighted by molar-refractivity contribution is 7.18. The first kappa shape index (κ1) is 17.4. The van der Waals surface area contributed by atoms with E-state index in [1.54, 1.807) is 11.3 Å². The molecule has 6 nitrogen and oxygen atoms in total. The highest BCUT2D eigenvalue weighted by Crippen LogP contribution is 2.29. The van der Waals surface area contributed by atoms with Crippen molar-refractivity contribution in [2.45, 2.75) is 19.8 Å². The molecule has 1 N–H and O–H groups in total. The zero-order valence-corrected chi connectivity index (χ0v) is 15.6. The van der Waals surface area contributed by atoms with Crippen LogP contribution in [0.4, 0.5) is 0 Å². The molecule has 2 aromatic heterocycles. The largest absolute Gasteiger partial charge is 0.424 e. The molecule has 7 heteroatoms. The number of likely N-dealkylation sites (N-methyl/N-ethyl adjacent to an activating group) is 1. The van der Waals surface area contributed by atoms with Crippen molar-refractivity contribution in [1.29, 1.82) is 0 Å². The van der Waals surface area contributed by atoms with Gasteiger partial charge in [0.25, 0.3) is 0 Å². The highest BCUT2D eigenvalue weighted by atomic mass is 32.1. The van der Waals surface area contributed by atoms with Crippen LogP contribution in [0.2, 0.25) is 0 Å². The van der Waals surface area contributed by atoms with Crippen LogP contribution in [0.5, 0.6) is 0 Å². The molecule has 136 valence electrons. The fourth-order valence-electron chi connectivity index (χ4n) is 2.82. The van der Waals surface area contributed by atoms with Crippen LogP contribution in [0.1, 0.15) is 23.7 Å². The third-order valence-electron chi connectivity index (χ3n) is 4.04. The molecule has 2 heterocycles. The molecule has 1 amide bonds. The van der Waals surface area contributed by atoms with Crippen molar-refractivity contribution in [1.82, 2.24) is 20.5 Å². The van der Waals surface area contributed by atoms with Crippen molar-refractivity contribution < 1.29 is 9.21 Å². The molecular weight excluding hydrogens is 360 g/mol. The number of thiazole rings is 1. The van der Waals surface area contributed by atoms with Gasteiger partial charge in [0.2, 0.25) is 17.7 Å². The lowest BCUT2D eigenvalue weighted by atomic mass is 10.1. The predicted molar refractivity (Wildman–Crippen MR) is 105 cm³/mol. The van der Waals surface area contributed by atoms with Crippen LogP contribution in [-0.2, 0) is 17.6 Å². The molecule has 27 heavy (non-hydrogen) atoms. The first-order valence-corrected chi connectivity index (χ1v) is 9.56. The van der Waals surface area contributed by atoms with Gasteiger partial charge >= 0.3 is 0 Å². The normalized spacial score (nSPS) is 11.0. The van der Waals surface area contributed by atoms with E-state index in [4.69, 9.17) is 4.42 Å². The van der Waals surface area contributed by atoms with Gasteiger partial charge in [-0.2, -0.15) is 0 Å². The lowest BCUT2D eigenvalue weighted by Crippen LogP contribution is -2.24. The number of nitrogens with one attached hydrogen (secondary N) is 1. The molecule has 0 bridgehead atoms. The molecular formula is C20H18N4O2S. The Morgan fingerprint density at radius 3 is 2.70 bits per heavy atom. The smallest absolute Gasteiger partial charge is 0.229 e. The summed E-state index contributed by atoms with van der Waals surface area (Å²) in [5.74, 6) is 0.668. The van der Waals surface area contributed by atoms with Crippen molar-refractivity contribution in [2.75, 3.05) is 6.54 Å². The SMILES string of the molecule is CCNC(=O)Cc1nnc(Cc2nc3ccc(-c4ccccc4)cc3s2)o1. The minimum Gasteiger partial charge on any atom is -0.424 e. The number of aromatic nitrogens is 3. The van der Waals surface area contributed by atoms with Crippen LogP contribution in [-0.4, -0.2) is 27.6 Å².